The molecule has 0 aliphatic carbocycles. The highest BCUT2D eigenvalue weighted by molar-refractivity contribution is 7.23. The predicted octanol–water partition coefficient (Wildman–Crippen LogP) is 14.2. The van der Waals surface area contributed by atoms with Crippen molar-refractivity contribution in [2.24, 2.45) is 0 Å². The van der Waals surface area contributed by atoms with Gasteiger partial charge in [-0.2, -0.15) is 0 Å². The quantitative estimate of drug-likeness (QED) is 0.115. The van der Waals surface area contributed by atoms with Gasteiger partial charge in [-0.25, -0.2) is 0 Å². The number of thiophene rings is 6. The molecule has 0 saturated heterocycles. The van der Waals surface area contributed by atoms with E-state index in [9.17, 15) is 0 Å². The summed E-state index contributed by atoms with van der Waals surface area (Å²) in [6.45, 7) is 0. The normalized spacial score (nSPS) is 13.7. The van der Waals surface area contributed by atoms with E-state index >= 15 is 0 Å². The molecule has 0 saturated carbocycles. The molecular weight excluding hydrogens is 625 g/mol. The van der Waals surface area contributed by atoms with E-state index in [2.05, 4.69) is 68.7 Å². The summed E-state index contributed by atoms with van der Waals surface area (Å²) in [5, 5.41) is 40.3. The van der Waals surface area contributed by atoms with Crippen LogP contribution in [0.4, 0.5) is 0 Å². The highest BCUT2D eigenvalue weighted by Crippen LogP contribution is 2.61. The molecule has 0 amide bonds. The molecule has 0 spiro atoms. The molecule has 42 heavy (non-hydrogen) atoms. The Labute approximate surface area is 259 Å². The molecule has 6 heteroatoms. The molecular formula is C36H12S6. The molecule has 6 aromatic heterocycles. The first-order valence-corrected chi connectivity index (χ1v) is 19.1. The van der Waals surface area contributed by atoms with Crippen LogP contribution in [0.1, 0.15) is 0 Å². The summed E-state index contributed by atoms with van der Waals surface area (Å²) in [4.78, 5) is 0. The molecule has 0 radical (unpaired) electrons. The van der Waals surface area contributed by atoms with Gasteiger partial charge in [0.1, 0.15) is 0 Å². The van der Waals surface area contributed by atoms with Crippen molar-refractivity contribution in [2.45, 2.75) is 0 Å². The van der Waals surface area contributed by atoms with Gasteiger partial charge in [0, 0.05) is 125 Å². The van der Waals surface area contributed by atoms with Crippen LogP contribution < -0.4 is 0 Å². The van der Waals surface area contributed by atoms with Crippen LogP contribution in [0.3, 0.4) is 0 Å². The Morgan fingerprint density at radius 1 is 0.214 bits per heavy atom. The second-order valence-corrected chi connectivity index (χ2v) is 17.0. The van der Waals surface area contributed by atoms with Gasteiger partial charge in [-0.1, -0.05) is 0 Å². The van der Waals surface area contributed by atoms with Crippen LogP contribution in [0.2, 0.25) is 0 Å². The summed E-state index contributed by atoms with van der Waals surface area (Å²) in [6.07, 6.45) is 0. The minimum absolute atomic E-state index is 1.43. The molecule has 13 rings (SSSR count). The first kappa shape index (κ1) is 21.3. The van der Waals surface area contributed by atoms with Gasteiger partial charge in [0.15, 0.2) is 0 Å². The highest BCUT2D eigenvalue weighted by Gasteiger charge is 2.31. The van der Waals surface area contributed by atoms with Gasteiger partial charge in [-0.05, 0) is 68.7 Å². The van der Waals surface area contributed by atoms with Crippen LogP contribution in [-0.2, 0) is 0 Å². The van der Waals surface area contributed by atoms with Crippen LogP contribution in [-0.4, -0.2) is 0 Å². The van der Waals surface area contributed by atoms with E-state index in [0.29, 0.717) is 0 Å². The molecule has 0 unspecified atom stereocenters. The van der Waals surface area contributed by atoms with Crippen molar-refractivity contribution in [3.8, 4) is 0 Å². The van der Waals surface area contributed by atoms with Crippen molar-refractivity contribution in [2.75, 3.05) is 0 Å². The van der Waals surface area contributed by atoms with Crippen molar-refractivity contribution in [1.29, 1.82) is 0 Å². The second-order valence-electron chi connectivity index (χ2n) is 11.5. The number of hydrogen-bond acceptors (Lipinski definition) is 6. The molecule has 0 aliphatic rings. The highest BCUT2D eigenvalue weighted by atomic mass is 32.1. The van der Waals surface area contributed by atoms with Gasteiger partial charge in [0.05, 0.1) is 0 Å². The van der Waals surface area contributed by atoms with Gasteiger partial charge >= 0.3 is 0 Å². The Bertz CT molecular complexity index is 2540. The standard InChI is InChI=1S/C36H12S6/c1-7-37-31-13(1)19-25-26-20(31)14-2-9-39-33(14)22-16-4-11-42-36(16)24-18-6-12-41-35(18)23-17-5-10-40-34(17)21(15-3-8-38-32(15)19)27(25)29(23)30(24)28(22)26/h1-12H. The van der Waals surface area contributed by atoms with Gasteiger partial charge < -0.3 is 0 Å². The lowest BCUT2D eigenvalue weighted by Gasteiger charge is -2.24. The first-order valence-electron chi connectivity index (χ1n) is 13.9. The minimum atomic E-state index is 1.43. The van der Waals surface area contributed by atoms with Crippen LogP contribution in [0.15, 0.2) is 68.7 Å². The summed E-state index contributed by atoms with van der Waals surface area (Å²) in [5.41, 5.74) is 0. The zero-order chi connectivity index (χ0) is 26.6. The maximum Gasteiger partial charge on any atom is 0.0434 e. The van der Waals surface area contributed by atoms with Crippen LogP contribution in [0, 0.1) is 0 Å². The molecule has 0 fully saturated rings. The Balaban J connectivity index is 1.65. The SMILES string of the molecule is c1cc2c(s1)c1c3ccsc3c3c4ccsc4c4c5ccsc5c5c6ccsc6c6c7ccsc7c2c2c1c3c4c5c62. The van der Waals surface area contributed by atoms with Gasteiger partial charge in [-0.3, -0.25) is 0 Å². The van der Waals surface area contributed by atoms with E-state index in [1.807, 2.05) is 68.0 Å². The zero-order valence-corrected chi connectivity index (χ0v) is 26.3. The maximum absolute atomic E-state index is 2.40. The van der Waals surface area contributed by atoms with Crippen molar-refractivity contribution >= 4 is 193 Å². The van der Waals surface area contributed by atoms with Crippen LogP contribution in [0.5, 0.6) is 0 Å². The van der Waals surface area contributed by atoms with E-state index in [1.54, 1.807) is 0 Å². The van der Waals surface area contributed by atoms with E-state index in [-0.39, 0.29) is 0 Å². The Morgan fingerprint density at radius 2 is 0.381 bits per heavy atom. The van der Waals surface area contributed by atoms with E-state index in [4.69, 9.17) is 0 Å². The fourth-order valence-corrected chi connectivity index (χ4v) is 14.5. The second kappa shape index (κ2) is 6.73. The lowest BCUT2D eigenvalue weighted by molar-refractivity contribution is 2.04. The zero-order valence-electron chi connectivity index (χ0n) is 21.4. The smallest absolute Gasteiger partial charge is 0.0434 e. The summed E-state index contributed by atoms with van der Waals surface area (Å²) in [6, 6.07) is 14.4. The average molecular weight is 637 g/mol. The number of fused-ring (bicyclic) bond motifs is 18. The van der Waals surface area contributed by atoms with Crippen LogP contribution in [0.25, 0.3) is 125 Å². The largest absolute Gasteiger partial charge is 0.143 e. The molecule has 13 aromatic rings. The summed E-state index contributed by atoms with van der Waals surface area (Å²) >= 11 is 11.6. The Kier molecular flexibility index (Phi) is 3.42. The summed E-state index contributed by atoms with van der Waals surface area (Å²) in [7, 11) is 0. The third-order valence-electron chi connectivity index (χ3n) is 9.97. The topological polar surface area (TPSA) is 0 Å². The van der Waals surface area contributed by atoms with Gasteiger partial charge in [0.2, 0.25) is 0 Å². The van der Waals surface area contributed by atoms with Crippen molar-refractivity contribution < 1.29 is 0 Å². The molecule has 0 aliphatic heterocycles. The van der Waals surface area contributed by atoms with Gasteiger partial charge in [-0.15, -0.1) is 68.0 Å². The third kappa shape index (κ3) is 2.00. The fraction of sp³-hybridized carbons (Fsp3) is 0. The van der Waals surface area contributed by atoms with Crippen LogP contribution >= 0.6 is 68.0 Å². The lowest BCUT2D eigenvalue weighted by atomic mass is 9.79. The first-order chi connectivity index (χ1) is 20.9. The summed E-state index contributed by atoms with van der Waals surface area (Å²) in [5.74, 6) is 0. The Morgan fingerprint density at radius 3 is 0.548 bits per heavy atom. The van der Waals surface area contributed by atoms with E-state index in [1.165, 1.54) is 125 Å². The molecule has 7 aromatic carbocycles. The molecule has 0 N–H and O–H groups in total. The molecule has 0 bridgehead atoms. The van der Waals surface area contributed by atoms with E-state index < -0.39 is 0 Å². The van der Waals surface area contributed by atoms with Crippen molar-refractivity contribution in [3.63, 3.8) is 0 Å². The fourth-order valence-electron chi connectivity index (χ4n) is 8.67. The molecule has 0 nitrogen and oxygen atoms in total. The van der Waals surface area contributed by atoms with Crippen molar-refractivity contribution in [3.05, 3.63) is 68.7 Å². The van der Waals surface area contributed by atoms with Gasteiger partial charge in [0.25, 0.3) is 0 Å². The predicted molar refractivity (Wildman–Crippen MR) is 197 cm³/mol. The monoisotopic (exact) mass is 636 g/mol. The Hall–Kier alpha value is -3.36. The van der Waals surface area contributed by atoms with Crippen molar-refractivity contribution in [1.82, 2.24) is 0 Å². The number of rotatable bonds is 0. The molecule has 0 atom stereocenters. The van der Waals surface area contributed by atoms with E-state index in [0.717, 1.165) is 0 Å². The average Bonchev–Trinajstić information content (AvgIpc) is 3.86. The summed E-state index contributed by atoms with van der Waals surface area (Å²) < 4.78 is 8.69. The minimum Gasteiger partial charge on any atom is -0.143 e. The number of hydrogen-bond donors (Lipinski definition) is 0. The molecule has 192 valence electrons. The third-order valence-corrected chi connectivity index (χ3v) is 15.6. The lowest BCUT2D eigenvalue weighted by Crippen LogP contribution is -1.95. The number of benzene rings is 7. The maximum atomic E-state index is 2.40. The molecule has 6 heterocycles.